The van der Waals surface area contributed by atoms with Crippen LogP contribution < -0.4 is 0 Å². The van der Waals surface area contributed by atoms with E-state index in [-0.39, 0.29) is 25.4 Å². The van der Waals surface area contributed by atoms with E-state index in [2.05, 4.69) is 0 Å². The van der Waals surface area contributed by atoms with E-state index in [1.54, 1.807) is 25.9 Å². The Hall–Kier alpha value is -2.02. The zero-order chi connectivity index (χ0) is 16.9. The van der Waals surface area contributed by atoms with Crippen molar-refractivity contribution in [2.45, 2.75) is 19.4 Å². The maximum atomic E-state index is 13.2. The summed E-state index contributed by atoms with van der Waals surface area (Å²) >= 11 is 0. The van der Waals surface area contributed by atoms with Crippen LogP contribution in [0.2, 0.25) is 0 Å². The van der Waals surface area contributed by atoms with Crippen molar-refractivity contribution in [1.29, 1.82) is 0 Å². The Balaban J connectivity index is 2.65. The van der Waals surface area contributed by atoms with E-state index in [0.717, 1.165) is 12.1 Å². The van der Waals surface area contributed by atoms with Gasteiger partial charge in [0.2, 0.25) is 5.91 Å². The van der Waals surface area contributed by atoms with Crippen molar-refractivity contribution in [3.05, 3.63) is 35.4 Å². The van der Waals surface area contributed by atoms with E-state index in [1.165, 1.54) is 11.0 Å². The smallest absolute Gasteiger partial charge is 0.304 e. The van der Waals surface area contributed by atoms with Gasteiger partial charge >= 0.3 is 5.97 Å². The fourth-order valence-electron chi connectivity index (χ4n) is 1.92. The monoisotopic (exact) mass is 314 g/mol. The predicted molar refractivity (Wildman–Crippen MR) is 77.3 cm³/mol. The number of likely N-dealkylation sites (N-methyl/N-ethyl adjacent to an activating group) is 2. The SMILES string of the molecule is CC(c1ccc(F)c(F)c1)N(C)C(=O)CN(C)CCC(=O)O. The van der Waals surface area contributed by atoms with Crippen LogP contribution in [0.3, 0.4) is 0 Å². The number of carboxylic acids is 1. The van der Waals surface area contributed by atoms with Gasteiger partial charge in [0.05, 0.1) is 19.0 Å². The van der Waals surface area contributed by atoms with E-state index < -0.39 is 23.6 Å². The summed E-state index contributed by atoms with van der Waals surface area (Å²) in [5.74, 6) is -3.05. The van der Waals surface area contributed by atoms with Gasteiger partial charge in [-0.1, -0.05) is 6.07 Å². The Morgan fingerprint density at radius 1 is 1.23 bits per heavy atom. The molecule has 0 bridgehead atoms. The van der Waals surface area contributed by atoms with Crippen molar-refractivity contribution in [3.8, 4) is 0 Å². The van der Waals surface area contributed by atoms with Crippen molar-refractivity contribution in [2.24, 2.45) is 0 Å². The molecule has 0 spiro atoms. The molecule has 1 amide bonds. The van der Waals surface area contributed by atoms with E-state index in [4.69, 9.17) is 5.11 Å². The molecular weight excluding hydrogens is 294 g/mol. The minimum Gasteiger partial charge on any atom is -0.481 e. The summed E-state index contributed by atoms with van der Waals surface area (Å²) in [7, 11) is 3.22. The first-order valence-corrected chi connectivity index (χ1v) is 6.83. The second-order valence-electron chi connectivity index (χ2n) is 5.24. The lowest BCUT2D eigenvalue weighted by Gasteiger charge is -2.27. The zero-order valence-electron chi connectivity index (χ0n) is 12.8. The van der Waals surface area contributed by atoms with Crippen molar-refractivity contribution >= 4 is 11.9 Å². The van der Waals surface area contributed by atoms with Crippen molar-refractivity contribution in [2.75, 3.05) is 27.2 Å². The van der Waals surface area contributed by atoms with E-state index in [0.29, 0.717) is 5.56 Å². The topological polar surface area (TPSA) is 60.9 Å². The second kappa shape index (κ2) is 7.84. The maximum absolute atomic E-state index is 13.2. The van der Waals surface area contributed by atoms with Crippen molar-refractivity contribution in [3.63, 3.8) is 0 Å². The van der Waals surface area contributed by atoms with E-state index in [9.17, 15) is 18.4 Å². The molecule has 0 saturated carbocycles. The van der Waals surface area contributed by atoms with Gasteiger partial charge in [0, 0.05) is 13.6 Å². The number of rotatable bonds is 7. The molecule has 1 rings (SSSR count). The average Bonchev–Trinajstić information content (AvgIpc) is 2.46. The summed E-state index contributed by atoms with van der Waals surface area (Å²) in [5.41, 5.74) is 0.489. The van der Waals surface area contributed by atoms with Crippen LogP contribution in [-0.4, -0.2) is 54.0 Å². The fraction of sp³-hybridized carbons (Fsp3) is 0.467. The summed E-state index contributed by atoms with van der Waals surface area (Å²) in [5, 5.41) is 8.60. The van der Waals surface area contributed by atoms with Crippen LogP contribution in [0.4, 0.5) is 8.78 Å². The molecule has 1 aromatic rings. The second-order valence-corrected chi connectivity index (χ2v) is 5.24. The number of aliphatic carboxylic acids is 1. The summed E-state index contributed by atoms with van der Waals surface area (Å²) in [4.78, 5) is 25.6. The predicted octanol–water partition coefficient (Wildman–Crippen LogP) is 1.89. The third-order valence-corrected chi connectivity index (χ3v) is 3.51. The van der Waals surface area contributed by atoms with Crippen molar-refractivity contribution < 1.29 is 23.5 Å². The molecule has 1 aromatic carbocycles. The number of hydrogen-bond acceptors (Lipinski definition) is 3. The van der Waals surface area contributed by atoms with Crippen molar-refractivity contribution in [1.82, 2.24) is 9.80 Å². The Kier molecular flexibility index (Phi) is 6.42. The molecular formula is C15H20F2N2O3. The van der Waals surface area contributed by atoms with Crippen LogP contribution in [0.25, 0.3) is 0 Å². The number of hydrogen-bond donors (Lipinski definition) is 1. The fourth-order valence-corrected chi connectivity index (χ4v) is 1.92. The third kappa shape index (κ3) is 5.07. The highest BCUT2D eigenvalue weighted by atomic mass is 19.2. The summed E-state index contributed by atoms with van der Waals surface area (Å²) in [6.07, 6.45) is -0.0494. The number of nitrogens with zero attached hydrogens (tertiary/aromatic N) is 2. The van der Waals surface area contributed by atoms with Gasteiger partial charge in [-0.3, -0.25) is 14.5 Å². The Labute approximate surface area is 128 Å². The first-order valence-electron chi connectivity index (χ1n) is 6.83. The highest BCUT2D eigenvalue weighted by Crippen LogP contribution is 2.21. The quantitative estimate of drug-likeness (QED) is 0.835. The molecule has 0 aromatic heterocycles. The summed E-state index contributed by atoms with van der Waals surface area (Å²) in [6, 6.07) is 3.10. The number of benzene rings is 1. The lowest BCUT2D eigenvalue weighted by Crippen LogP contribution is -2.38. The third-order valence-electron chi connectivity index (χ3n) is 3.51. The normalized spacial score (nSPS) is 12.3. The first-order chi connectivity index (χ1) is 10.2. The number of halogens is 2. The van der Waals surface area contributed by atoms with Gasteiger partial charge in [0.25, 0.3) is 0 Å². The molecule has 0 aliphatic carbocycles. The van der Waals surface area contributed by atoms with Crippen LogP contribution in [0.1, 0.15) is 24.9 Å². The van der Waals surface area contributed by atoms with Gasteiger partial charge in [-0.25, -0.2) is 8.78 Å². The van der Waals surface area contributed by atoms with Crippen LogP contribution in [0, 0.1) is 11.6 Å². The summed E-state index contributed by atoms with van der Waals surface area (Å²) < 4.78 is 26.2. The molecule has 122 valence electrons. The van der Waals surface area contributed by atoms with Crippen LogP contribution in [0.15, 0.2) is 18.2 Å². The van der Waals surface area contributed by atoms with Gasteiger partial charge in [0.15, 0.2) is 11.6 Å². The highest BCUT2D eigenvalue weighted by molar-refractivity contribution is 5.78. The van der Waals surface area contributed by atoms with Crippen LogP contribution in [-0.2, 0) is 9.59 Å². The lowest BCUT2D eigenvalue weighted by molar-refractivity contribution is -0.138. The highest BCUT2D eigenvalue weighted by Gasteiger charge is 2.20. The van der Waals surface area contributed by atoms with E-state index in [1.807, 2.05) is 0 Å². The Morgan fingerprint density at radius 3 is 2.41 bits per heavy atom. The van der Waals surface area contributed by atoms with Gasteiger partial charge in [-0.2, -0.15) is 0 Å². The lowest BCUT2D eigenvalue weighted by atomic mass is 10.1. The van der Waals surface area contributed by atoms with Gasteiger partial charge < -0.3 is 10.0 Å². The van der Waals surface area contributed by atoms with Gasteiger partial charge in [-0.15, -0.1) is 0 Å². The van der Waals surface area contributed by atoms with Crippen LogP contribution in [0.5, 0.6) is 0 Å². The van der Waals surface area contributed by atoms with E-state index >= 15 is 0 Å². The molecule has 0 aliphatic rings. The molecule has 7 heteroatoms. The molecule has 0 radical (unpaired) electrons. The minimum absolute atomic E-state index is 0.0494. The minimum atomic E-state index is -0.955. The number of amides is 1. The molecule has 0 saturated heterocycles. The standard InChI is InChI=1S/C15H20F2N2O3/c1-10(11-4-5-12(16)13(17)8-11)19(3)14(20)9-18(2)7-6-15(21)22/h4-5,8,10H,6-7,9H2,1-3H3,(H,21,22). The molecule has 0 heterocycles. The molecule has 0 fully saturated rings. The van der Waals surface area contributed by atoms with Gasteiger partial charge in [0.1, 0.15) is 0 Å². The molecule has 1 unspecified atom stereocenters. The summed E-state index contributed by atoms with van der Waals surface area (Å²) in [6.45, 7) is 2.02. The molecule has 5 nitrogen and oxygen atoms in total. The molecule has 0 aliphatic heterocycles. The van der Waals surface area contributed by atoms with Crippen LogP contribution >= 0.6 is 0 Å². The zero-order valence-corrected chi connectivity index (χ0v) is 12.8. The first kappa shape index (κ1) is 18.0. The molecule has 1 N–H and O–H groups in total. The molecule has 1 atom stereocenters. The number of carboxylic acid groups (broad SMARTS) is 1. The Morgan fingerprint density at radius 2 is 1.86 bits per heavy atom. The van der Waals surface area contributed by atoms with Gasteiger partial charge in [-0.05, 0) is 31.7 Å². The number of carbonyl (C=O) groups is 2. The molecule has 22 heavy (non-hydrogen) atoms. The largest absolute Gasteiger partial charge is 0.481 e. The average molecular weight is 314 g/mol. The Bertz CT molecular complexity index is 552. The number of carbonyl (C=O) groups excluding carboxylic acids is 1. The maximum Gasteiger partial charge on any atom is 0.304 e.